The highest BCUT2D eigenvalue weighted by molar-refractivity contribution is 7.91. The van der Waals surface area contributed by atoms with E-state index in [2.05, 4.69) is 19.4 Å². The Bertz CT molecular complexity index is 691. The van der Waals surface area contributed by atoms with Gasteiger partial charge in [-0.3, -0.25) is 0 Å². The molecule has 2 N–H and O–H groups in total. The van der Waals surface area contributed by atoms with Crippen LogP contribution in [0.3, 0.4) is 0 Å². The largest absolute Gasteiger partial charge is 0.359 e. The number of hydrogen-bond acceptors (Lipinski definition) is 7. The smallest absolute Gasteiger partial charge is 0.250 e. The minimum Gasteiger partial charge on any atom is -0.359 e. The van der Waals surface area contributed by atoms with Crippen LogP contribution in [-0.2, 0) is 10.0 Å². The SMILES string of the molecule is Cc1ccc(S(=O)(=O)NCCNc2nc(C(C)C)ns2)s1. The van der Waals surface area contributed by atoms with Crippen molar-refractivity contribution in [3.8, 4) is 0 Å². The Hall–Kier alpha value is -1.03. The zero-order chi connectivity index (χ0) is 15.5. The van der Waals surface area contributed by atoms with Crippen LogP contribution >= 0.6 is 22.9 Å². The van der Waals surface area contributed by atoms with E-state index in [1.165, 1.54) is 22.9 Å². The molecule has 0 fully saturated rings. The first-order valence-corrected chi connectivity index (χ1v) is 9.59. The number of thiophene rings is 1. The summed E-state index contributed by atoms with van der Waals surface area (Å²) in [4.78, 5) is 5.30. The number of sulfonamides is 1. The molecule has 2 aromatic heterocycles. The fourth-order valence-electron chi connectivity index (χ4n) is 1.52. The zero-order valence-electron chi connectivity index (χ0n) is 12.1. The van der Waals surface area contributed by atoms with Gasteiger partial charge < -0.3 is 5.32 Å². The highest BCUT2D eigenvalue weighted by Crippen LogP contribution is 2.20. The minimum absolute atomic E-state index is 0.289. The fraction of sp³-hybridized carbons (Fsp3) is 0.500. The Morgan fingerprint density at radius 2 is 2.05 bits per heavy atom. The van der Waals surface area contributed by atoms with Crippen molar-refractivity contribution in [2.24, 2.45) is 0 Å². The summed E-state index contributed by atoms with van der Waals surface area (Å²) in [5.74, 6) is 1.09. The number of rotatable bonds is 7. The topological polar surface area (TPSA) is 84.0 Å². The van der Waals surface area contributed by atoms with Crippen molar-refractivity contribution in [2.45, 2.75) is 30.9 Å². The van der Waals surface area contributed by atoms with Crippen LogP contribution in [0.1, 0.15) is 30.5 Å². The molecule has 116 valence electrons. The molecule has 9 heteroatoms. The molecule has 0 aliphatic rings. The van der Waals surface area contributed by atoms with E-state index in [0.717, 1.165) is 10.7 Å². The molecule has 0 unspecified atom stereocenters. The molecular weight excluding hydrogens is 328 g/mol. The van der Waals surface area contributed by atoms with Gasteiger partial charge in [-0.1, -0.05) is 13.8 Å². The number of hydrogen-bond donors (Lipinski definition) is 2. The first-order chi connectivity index (χ1) is 9.88. The molecule has 0 aliphatic heterocycles. The summed E-state index contributed by atoms with van der Waals surface area (Å²) in [5.41, 5.74) is 0. The molecule has 0 aromatic carbocycles. The number of anilines is 1. The van der Waals surface area contributed by atoms with Crippen LogP contribution in [0.5, 0.6) is 0 Å². The van der Waals surface area contributed by atoms with Gasteiger partial charge in [0.2, 0.25) is 15.2 Å². The predicted octanol–water partition coefficient (Wildman–Crippen LogP) is 2.42. The van der Waals surface area contributed by atoms with Crippen LogP contribution in [0.4, 0.5) is 5.13 Å². The average molecular weight is 347 g/mol. The maximum Gasteiger partial charge on any atom is 0.250 e. The number of aryl methyl sites for hydroxylation is 1. The summed E-state index contributed by atoms with van der Waals surface area (Å²) >= 11 is 2.55. The van der Waals surface area contributed by atoms with E-state index in [4.69, 9.17) is 0 Å². The van der Waals surface area contributed by atoms with E-state index in [0.29, 0.717) is 22.4 Å². The quantitative estimate of drug-likeness (QED) is 0.752. The molecule has 2 heterocycles. The molecule has 0 bridgehead atoms. The average Bonchev–Trinajstić information content (AvgIpc) is 3.04. The summed E-state index contributed by atoms with van der Waals surface area (Å²) in [5, 5.41) is 3.78. The lowest BCUT2D eigenvalue weighted by atomic mass is 10.2. The Balaban J connectivity index is 1.81. The third-order valence-electron chi connectivity index (χ3n) is 2.63. The lowest BCUT2D eigenvalue weighted by Crippen LogP contribution is -2.28. The molecule has 0 saturated carbocycles. The van der Waals surface area contributed by atoms with Gasteiger partial charge in [-0.05, 0) is 19.1 Å². The van der Waals surface area contributed by atoms with Crippen LogP contribution in [0.15, 0.2) is 16.3 Å². The Kier molecular flexibility index (Phi) is 5.31. The van der Waals surface area contributed by atoms with Gasteiger partial charge in [0, 0.05) is 35.4 Å². The van der Waals surface area contributed by atoms with Gasteiger partial charge in [-0.2, -0.15) is 4.37 Å². The van der Waals surface area contributed by atoms with Crippen molar-refractivity contribution in [3.63, 3.8) is 0 Å². The van der Waals surface area contributed by atoms with Crippen LogP contribution in [0, 0.1) is 6.92 Å². The zero-order valence-corrected chi connectivity index (χ0v) is 14.5. The van der Waals surface area contributed by atoms with Crippen molar-refractivity contribution in [1.29, 1.82) is 0 Å². The molecule has 0 saturated heterocycles. The maximum atomic E-state index is 12.0. The summed E-state index contributed by atoms with van der Waals surface area (Å²) in [6, 6.07) is 3.42. The van der Waals surface area contributed by atoms with Gasteiger partial charge in [-0.25, -0.2) is 18.1 Å². The van der Waals surface area contributed by atoms with Crippen LogP contribution in [-0.4, -0.2) is 30.9 Å². The summed E-state index contributed by atoms with van der Waals surface area (Å²) in [7, 11) is -3.41. The molecule has 21 heavy (non-hydrogen) atoms. The van der Waals surface area contributed by atoms with Gasteiger partial charge in [0.1, 0.15) is 10.0 Å². The minimum atomic E-state index is -3.41. The molecule has 0 aliphatic carbocycles. The summed E-state index contributed by atoms with van der Waals surface area (Å²) in [6.07, 6.45) is 0. The lowest BCUT2D eigenvalue weighted by Gasteiger charge is -2.05. The first-order valence-electron chi connectivity index (χ1n) is 6.52. The second-order valence-electron chi connectivity index (χ2n) is 4.80. The van der Waals surface area contributed by atoms with Gasteiger partial charge >= 0.3 is 0 Å². The molecule has 6 nitrogen and oxygen atoms in total. The summed E-state index contributed by atoms with van der Waals surface area (Å²) < 4.78 is 31.1. The van der Waals surface area contributed by atoms with E-state index in [1.54, 1.807) is 12.1 Å². The predicted molar refractivity (Wildman–Crippen MR) is 86.7 cm³/mol. The third kappa shape index (κ3) is 4.47. The highest BCUT2D eigenvalue weighted by Gasteiger charge is 2.15. The summed E-state index contributed by atoms with van der Waals surface area (Å²) in [6.45, 7) is 6.71. The highest BCUT2D eigenvalue weighted by atomic mass is 32.2. The monoisotopic (exact) mass is 346 g/mol. The van der Waals surface area contributed by atoms with E-state index >= 15 is 0 Å². The van der Waals surface area contributed by atoms with Crippen molar-refractivity contribution in [2.75, 3.05) is 18.4 Å². The van der Waals surface area contributed by atoms with E-state index < -0.39 is 10.0 Å². The van der Waals surface area contributed by atoms with E-state index in [1.807, 2.05) is 20.8 Å². The fourth-order valence-corrected chi connectivity index (χ4v) is 4.62. The van der Waals surface area contributed by atoms with Crippen molar-refractivity contribution < 1.29 is 8.42 Å². The lowest BCUT2D eigenvalue weighted by molar-refractivity contribution is 0.585. The molecule has 2 aromatic rings. The molecule has 0 radical (unpaired) electrons. The van der Waals surface area contributed by atoms with Gasteiger partial charge in [-0.15, -0.1) is 11.3 Å². The van der Waals surface area contributed by atoms with Gasteiger partial charge in [0.25, 0.3) is 0 Å². The standard InChI is InChI=1S/C12H18N4O2S3/c1-8(2)11-15-12(20-16-11)13-6-7-14-21(17,18)10-5-4-9(3)19-10/h4-5,8,14H,6-7H2,1-3H3,(H,13,15,16). The second kappa shape index (κ2) is 6.82. The normalized spacial score (nSPS) is 12.0. The van der Waals surface area contributed by atoms with Crippen LogP contribution in [0.25, 0.3) is 0 Å². The first kappa shape index (κ1) is 16.3. The Morgan fingerprint density at radius 3 is 2.62 bits per heavy atom. The molecular formula is C12H18N4O2S3. The molecule has 0 atom stereocenters. The van der Waals surface area contributed by atoms with Crippen molar-refractivity contribution in [3.05, 3.63) is 22.8 Å². The number of nitrogens with one attached hydrogen (secondary N) is 2. The van der Waals surface area contributed by atoms with Crippen LogP contribution < -0.4 is 10.0 Å². The number of aromatic nitrogens is 2. The molecule has 2 rings (SSSR count). The Morgan fingerprint density at radius 1 is 1.29 bits per heavy atom. The second-order valence-corrected chi connectivity index (χ2v) is 8.84. The van der Waals surface area contributed by atoms with Gasteiger partial charge in [0.05, 0.1) is 0 Å². The van der Waals surface area contributed by atoms with Crippen LogP contribution in [0.2, 0.25) is 0 Å². The molecule has 0 spiro atoms. The maximum absolute atomic E-state index is 12.0. The molecule has 0 amide bonds. The number of nitrogens with zero attached hydrogens (tertiary/aromatic N) is 2. The van der Waals surface area contributed by atoms with Gasteiger partial charge in [0.15, 0.2) is 0 Å². The Labute approximate surface area is 132 Å². The van der Waals surface area contributed by atoms with Crippen molar-refractivity contribution in [1.82, 2.24) is 14.1 Å². The van der Waals surface area contributed by atoms with Crippen molar-refractivity contribution >= 4 is 38.0 Å². The van der Waals surface area contributed by atoms with E-state index in [9.17, 15) is 8.42 Å². The third-order valence-corrected chi connectivity index (χ3v) is 6.27. The van der Waals surface area contributed by atoms with E-state index in [-0.39, 0.29) is 5.92 Å².